The molecule has 1 aliphatic heterocycles. The van der Waals surface area contributed by atoms with Gasteiger partial charge in [0, 0.05) is 19.5 Å². The van der Waals surface area contributed by atoms with Crippen LogP contribution in [0.25, 0.3) is 6.08 Å². The van der Waals surface area contributed by atoms with Crippen molar-refractivity contribution in [2.24, 2.45) is 0 Å². The van der Waals surface area contributed by atoms with E-state index in [1.807, 2.05) is 24.3 Å². The summed E-state index contributed by atoms with van der Waals surface area (Å²) in [5, 5.41) is 11.1. The number of carbonyl (C=O) groups excluding carboxylic acids is 2. The van der Waals surface area contributed by atoms with Gasteiger partial charge in [0.2, 0.25) is 5.91 Å². The fourth-order valence-electron chi connectivity index (χ4n) is 2.19. The Kier molecular flexibility index (Phi) is 7.16. The number of nitrogens with zero attached hydrogens (tertiary/aromatic N) is 1. The van der Waals surface area contributed by atoms with Crippen LogP contribution in [0.4, 0.5) is 0 Å². The number of ether oxygens (including phenoxy) is 1. The van der Waals surface area contributed by atoms with E-state index in [1.165, 1.54) is 16.7 Å². The van der Waals surface area contributed by atoms with Gasteiger partial charge in [-0.05, 0) is 23.8 Å². The second-order valence-corrected chi connectivity index (χ2v) is 7.03. The molecule has 0 saturated carbocycles. The van der Waals surface area contributed by atoms with Gasteiger partial charge in [-0.3, -0.25) is 19.3 Å². The summed E-state index contributed by atoms with van der Waals surface area (Å²) in [4.78, 5) is 36.4. The van der Waals surface area contributed by atoms with Crippen LogP contribution < -0.4 is 10.1 Å². The molecule has 0 spiro atoms. The van der Waals surface area contributed by atoms with Crippen LogP contribution in [-0.4, -0.2) is 52.3 Å². The maximum atomic E-state index is 12.5. The first-order valence-electron chi connectivity index (χ1n) is 7.78. The van der Waals surface area contributed by atoms with Gasteiger partial charge >= 0.3 is 5.97 Å². The number of benzene rings is 1. The molecule has 1 aliphatic rings. The van der Waals surface area contributed by atoms with E-state index in [-0.39, 0.29) is 37.7 Å². The molecule has 0 aromatic heterocycles. The summed E-state index contributed by atoms with van der Waals surface area (Å²) < 4.78 is 5.58. The summed E-state index contributed by atoms with van der Waals surface area (Å²) in [5.41, 5.74) is 0.826. The van der Waals surface area contributed by atoms with Gasteiger partial charge in [-0.25, -0.2) is 0 Å². The molecule has 26 heavy (non-hydrogen) atoms. The molecule has 9 heteroatoms. The first-order chi connectivity index (χ1) is 12.4. The Hall–Kier alpha value is -2.39. The minimum absolute atomic E-state index is 0.0938. The lowest BCUT2D eigenvalue weighted by molar-refractivity contribution is -0.138. The molecule has 0 aliphatic carbocycles. The molecule has 1 fully saturated rings. The molecule has 138 valence electrons. The number of hydrogen-bond acceptors (Lipinski definition) is 6. The van der Waals surface area contributed by atoms with Gasteiger partial charge in [0.05, 0.1) is 18.4 Å². The number of hydrogen-bond donors (Lipinski definition) is 2. The maximum Gasteiger partial charge on any atom is 0.303 e. The van der Waals surface area contributed by atoms with Crippen LogP contribution in [0.1, 0.15) is 18.4 Å². The van der Waals surface area contributed by atoms with Crippen molar-refractivity contribution < 1.29 is 24.2 Å². The van der Waals surface area contributed by atoms with Gasteiger partial charge < -0.3 is 15.2 Å². The molecule has 1 saturated heterocycles. The Morgan fingerprint density at radius 3 is 2.85 bits per heavy atom. The molecule has 2 N–H and O–H groups in total. The predicted octanol–water partition coefficient (Wildman–Crippen LogP) is 1.88. The van der Waals surface area contributed by atoms with Crippen LogP contribution in [0, 0.1) is 0 Å². The van der Waals surface area contributed by atoms with Crippen molar-refractivity contribution in [1.82, 2.24) is 10.2 Å². The van der Waals surface area contributed by atoms with Crippen molar-refractivity contribution in [3.05, 3.63) is 34.7 Å². The summed E-state index contributed by atoms with van der Waals surface area (Å²) in [7, 11) is 1.57. The number of carbonyl (C=O) groups is 3. The van der Waals surface area contributed by atoms with Crippen LogP contribution >= 0.6 is 24.0 Å². The minimum atomic E-state index is -1.03. The highest BCUT2D eigenvalue weighted by molar-refractivity contribution is 8.26. The van der Waals surface area contributed by atoms with E-state index in [9.17, 15) is 14.4 Å². The van der Waals surface area contributed by atoms with Crippen molar-refractivity contribution in [1.29, 1.82) is 0 Å². The van der Waals surface area contributed by atoms with Gasteiger partial charge in [0.1, 0.15) is 10.1 Å². The third-order valence-corrected chi connectivity index (χ3v) is 4.87. The first kappa shape index (κ1) is 19.9. The number of methoxy groups -OCH3 is 1. The van der Waals surface area contributed by atoms with Gasteiger partial charge in [0.25, 0.3) is 5.91 Å². The molecule has 7 nitrogen and oxygen atoms in total. The normalized spacial score (nSPS) is 15.4. The second kappa shape index (κ2) is 9.35. The molecule has 0 atom stereocenters. The lowest BCUT2D eigenvalue weighted by Crippen LogP contribution is -2.37. The van der Waals surface area contributed by atoms with Crippen LogP contribution in [0.5, 0.6) is 5.75 Å². The van der Waals surface area contributed by atoms with Crippen LogP contribution in [-0.2, 0) is 14.4 Å². The Morgan fingerprint density at radius 1 is 1.38 bits per heavy atom. The lowest BCUT2D eigenvalue weighted by atomic mass is 10.2. The number of nitrogens with one attached hydrogen (secondary N) is 1. The molecular formula is C17H18N2O5S2. The van der Waals surface area contributed by atoms with Crippen molar-refractivity contribution in [2.75, 3.05) is 20.2 Å². The fraction of sp³-hybridized carbons (Fsp3) is 0.294. The number of thiocarbonyl (C=S) groups is 1. The zero-order valence-electron chi connectivity index (χ0n) is 14.1. The Bertz CT molecular complexity index is 763. The number of carboxylic acids is 1. The highest BCUT2D eigenvalue weighted by atomic mass is 32.2. The Labute approximate surface area is 160 Å². The molecule has 2 amide bonds. The van der Waals surface area contributed by atoms with E-state index < -0.39 is 5.97 Å². The number of rotatable bonds is 8. The zero-order chi connectivity index (χ0) is 19.1. The summed E-state index contributed by atoms with van der Waals surface area (Å²) >= 11 is 6.44. The third kappa shape index (κ3) is 5.57. The molecule has 0 radical (unpaired) electrons. The monoisotopic (exact) mass is 394 g/mol. The zero-order valence-corrected chi connectivity index (χ0v) is 15.7. The average Bonchev–Trinajstić information content (AvgIpc) is 2.87. The summed E-state index contributed by atoms with van der Waals surface area (Å²) in [6.07, 6.45) is 1.42. The SMILES string of the molecule is COc1cccc(/C=C2/SC(=S)N(CCNC(=O)CCC(=O)O)C2=O)c1. The maximum absolute atomic E-state index is 12.5. The second-order valence-electron chi connectivity index (χ2n) is 5.35. The smallest absolute Gasteiger partial charge is 0.303 e. The average molecular weight is 394 g/mol. The van der Waals surface area contributed by atoms with Gasteiger partial charge in [0.15, 0.2) is 0 Å². The van der Waals surface area contributed by atoms with Crippen molar-refractivity contribution in [3.63, 3.8) is 0 Å². The van der Waals surface area contributed by atoms with Crippen molar-refractivity contribution in [3.8, 4) is 5.75 Å². The van der Waals surface area contributed by atoms with Gasteiger partial charge in [-0.1, -0.05) is 36.1 Å². The molecule has 0 bridgehead atoms. The van der Waals surface area contributed by atoms with E-state index in [0.717, 1.165) is 5.56 Å². The van der Waals surface area contributed by atoms with E-state index in [2.05, 4.69) is 5.32 Å². The summed E-state index contributed by atoms with van der Waals surface area (Å²) in [6, 6.07) is 7.32. The van der Waals surface area contributed by atoms with E-state index >= 15 is 0 Å². The van der Waals surface area contributed by atoms with E-state index in [1.54, 1.807) is 13.2 Å². The molecular weight excluding hydrogens is 376 g/mol. The molecule has 1 aromatic carbocycles. The highest BCUT2D eigenvalue weighted by Crippen LogP contribution is 2.32. The Balaban J connectivity index is 1.92. The van der Waals surface area contributed by atoms with E-state index in [0.29, 0.717) is 15.0 Å². The molecule has 0 unspecified atom stereocenters. The minimum Gasteiger partial charge on any atom is -0.497 e. The molecule has 1 aromatic rings. The third-order valence-electron chi connectivity index (χ3n) is 3.49. The highest BCUT2D eigenvalue weighted by Gasteiger charge is 2.31. The van der Waals surface area contributed by atoms with E-state index in [4.69, 9.17) is 22.1 Å². The fourth-order valence-corrected chi connectivity index (χ4v) is 3.50. The standard InChI is InChI=1S/C17H18N2O5S2/c1-24-12-4-2-3-11(9-12)10-13-16(23)19(17(25)26-13)8-7-18-14(20)5-6-15(21)22/h2-4,9-10H,5-8H2,1H3,(H,18,20)(H,21,22)/b13-10+. The lowest BCUT2D eigenvalue weighted by Gasteiger charge is -2.14. The summed E-state index contributed by atoms with van der Waals surface area (Å²) in [5.74, 6) is -0.926. The van der Waals surface area contributed by atoms with Crippen molar-refractivity contribution in [2.45, 2.75) is 12.8 Å². The predicted molar refractivity (Wildman–Crippen MR) is 103 cm³/mol. The van der Waals surface area contributed by atoms with Gasteiger partial charge in [-0.15, -0.1) is 0 Å². The number of amides is 2. The molecule has 2 rings (SSSR count). The van der Waals surface area contributed by atoms with Crippen molar-refractivity contribution >= 4 is 52.2 Å². The quantitative estimate of drug-likeness (QED) is 0.513. The summed E-state index contributed by atoms with van der Waals surface area (Å²) in [6.45, 7) is 0.441. The van der Waals surface area contributed by atoms with Crippen LogP contribution in [0.15, 0.2) is 29.2 Å². The van der Waals surface area contributed by atoms with Gasteiger partial charge in [-0.2, -0.15) is 0 Å². The van der Waals surface area contributed by atoms with Crippen LogP contribution in [0.3, 0.4) is 0 Å². The Morgan fingerprint density at radius 2 is 2.15 bits per heavy atom. The number of carboxylic acid groups (broad SMARTS) is 1. The first-order valence-corrected chi connectivity index (χ1v) is 9.01. The number of thioether (sulfide) groups is 1. The largest absolute Gasteiger partial charge is 0.497 e. The molecule has 1 heterocycles. The topological polar surface area (TPSA) is 95.9 Å². The number of aliphatic carboxylic acids is 1. The van der Waals surface area contributed by atoms with Crippen LogP contribution in [0.2, 0.25) is 0 Å².